The van der Waals surface area contributed by atoms with Crippen LogP contribution in [0, 0.1) is 12.8 Å². The molecule has 1 aromatic carbocycles. The molecular formula is C14H18N2S. The van der Waals surface area contributed by atoms with Crippen molar-refractivity contribution in [2.75, 3.05) is 5.32 Å². The Morgan fingerprint density at radius 2 is 2.35 bits per heavy atom. The number of hydrogen-bond acceptors (Lipinski definition) is 3. The summed E-state index contributed by atoms with van der Waals surface area (Å²) in [6, 6.07) is 7.14. The molecule has 2 atom stereocenters. The zero-order valence-electron chi connectivity index (χ0n) is 10.4. The fourth-order valence-electron chi connectivity index (χ4n) is 2.37. The van der Waals surface area contributed by atoms with Crippen LogP contribution in [-0.2, 0) is 0 Å². The molecule has 2 aromatic rings. The standard InChI is InChI=1S/C14H18N2S/c1-3-4-10-8-12(10)16-14-15-11-6-5-9(2)7-13(11)17-14/h5-7,10,12H,3-4,8H2,1-2H3,(H,15,16). The van der Waals surface area contributed by atoms with Crippen molar-refractivity contribution >= 4 is 26.7 Å². The molecule has 1 heterocycles. The topological polar surface area (TPSA) is 24.9 Å². The first-order valence-electron chi connectivity index (χ1n) is 6.40. The van der Waals surface area contributed by atoms with Gasteiger partial charge in [0.2, 0.25) is 0 Å². The van der Waals surface area contributed by atoms with Crippen LogP contribution in [0.1, 0.15) is 31.7 Å². The normalized spacial score (nSPS) is 22.9. The summed E-state index contributed by atoms with van der Waals surface area (Å²) < 4.78 is 1.29. The number of thiazole rings is 1. The fourth-order valence-corrected chi connectivity index (χ4v) is 3.39. The lowest BCUT2D eigenvalue weighted by Gasteiger charge is -1.99. The van der Waals surface area contributed by atoms with Crippen molar-refractivity contribution in [3.8, 4) is 0 Å². The largest absolute Gasteiger partial charge is 0.358 e. The molecular weight excluding hydrogens is 228 g/mol. The predicted molar refractivity (Wildman–Crippen MR) is 74.8 cm³/mol. The van der Waals surface area contributed by atoms with Crippen LogP contribution in [0.15, 0.2) is 18.2 Å². The first-order chi connectivity index (χ1) is 8.26. The molecule has 17 heavy (non-hydrogen) atoms. The van der Waals surface area contributed by atoms with E-state index in [0.29, 0.717) is 6.04 Å². The van der Waals surface area contributed by atoms with Crippen molar-refractivity contribution in [2.24, 2.45) is 5.92 Å². The monoisotopic (exact) mass is 246 g/mol. The SMILES string of the molecule is CCCC1CC1Nc1nc2ccc(C)cc2s1. The average Bonchev–Trinajstić information content (AvgIpc) is 2.88. The Morgan fingerprint density at radius 3 is 3.18 bits per heavy atom. The zero-order chi connectivity index (χ0) is 11.8. The van der Waals surface area contributed by atoms with Gasteiger partial charge in [-0.05, 0) is 43.4 Å². The Labute approximate surface area is 106 Å². The second-order valence-corrected chi connectivity index (χ2v) is 6.06. The highest BCUT2D eigenvalue weighted by atomic mass is 32.1. The second kappa shape index (κ2) is 4.30. The van der Waals surface area contributed by atoms with Gasteiger partial charge in [-0.2, -0.15) is 0 Å². The van der Waals surface area contributed by atoms with Crippen LogP contribution in [-0.4, -0.2) is 11.0 Å². The van der Waals surface area contributed by atoms with E-state index >= 15 is 0 Å². The molecule has 3 rings (SSSR count). The molecule has 1 aliphatic carbocycles. The lowest BCUT2D eigenvalue weighted by molar-refractivity contribution is 0.693. The van der Waals surface area contributed by atoms with Crippen LogP contribution in [0.3, 0.4) is 0 Å². The first kappa shape index (κ1) is 11.0. The number of nitrogens with zero attached hydrogens (tertiary/aromatic N) is 1. The second-order valence-electron chi connectivity index (χ2n) is 5.03. The van der Waals surface area contributed by atoms with E-state index < -0.39 is 0 Å². The number of hydrogen-bond donors (Lipinski definition) is 1. The highest BCUT2D eigenvalue weighted by molar-refractivity contribution is 7.22. The van der Waals surface area contributed by atoms with Gasteiger partial charge in [0, 0.05) is 6.04 Å². The highest BCUT2D eigenvalue weighted by Crippen LogP contribution is 2.38. The molecule has 1 N–H and O–H groups in total. The van der Waals surface area contributed by atoms with Gasteiger partial charge in [0.15, 0.2) is 5.13 Å². The predicted octanol–water partition coefficient (Wildman–Crippen LogP) is 4.21. The summed E-state index contributed by atoms with van der Waals surface area (Å²) in [6.45, 7) is 4.39. The van der Waals surface area contributed by atoms with Gasteiger partial charge in [-0.25, -0.2) is 4.98 Å². The van der Waals surface area contributed by atoms with Gasteiger partial charge < -0.3 is 5.32 Å². The fraction of sp³-hybridized carbons (Fsp3) is 0.500. The van der Waals surface area contributed by atoms with E-state index in [0.717, 1.165) is 16.6 Å². The van der Waals surface area contributed by atoms with E-state index in [-0.39, 0.29) is 0 Å². The number of nitrogens with one attached hydrogen (secondary N) is 1. The number of aromatic nitrogens is 1. The number of rotatable bonds is 4. The van der Waals surface area contributed by atoms with Crippen molar-refractivity contribution in [3.63, 3.8) is 0 Å². The summed E-state index contributed by atoms with van der Waals surface area (Å²) in [5.41, 5.74) is 2.43. The van der Waals surface area contributed by atoms with Gasteiger partial charge in [0.1, 0.15) is 0 Å². The van der Waals surface area contributed by atoms with Crippen LogP contribution in [0.5, 0.6) is 0 Å². The summed E-state index contributed by atoms with van der Waals surface area (Å²) in [5.74, 6) is 0.883. The molecule has 0 radical (unpaired) electrons. The lowest BCUT2D eigenvalue weighted by Crippen LogP contribution is -2.03. The van der Waals surface area contributed by atoms with Crippen molar-refractivity contribution in [2.45, 2.75) is 39.2 Å². The molecule has 1 saturated carbocycles. The number of benzene rings is 1. The minimum Gasteiger partial charge on any atom is -0.358 e. The van der Waals surface area contributed by atoms with E-state index in [1.807, 2.05) is 0 Å². The van der Waals surface area contributed by atoms with Crippen molar-refractivity contribution in [3.05, 3.63) is 23.8 Å². The van der Waals surface area contributed by atoms with Gasteiger partial charge >= 0.3 is 0 Å². The maximum atomic E-state index is 4.64. The summed E-state index contributed by atoms with van der Waals surface area (Å²) in [6.07, 6.45) is 3.96. The molecule has 1 aromatic heterocycles. The summed E-state index contributed by atoms with van der Waals surface area (Å²) in [4.78, 5) is 4.64. The summed E-state index contributed by atoms with van der Waals surface area (Å²) in [5, 5.41) is 4.66. The minimum atomic E-state index is 0.677. The molecule has 1 fully saturated rings. The molecule has 90 valence electrons. The molecule has 0 saturated heterocycles. The van der Waals surface area contributed by atoms with E-state index in [9.17, 15) is 0 Å². The molecule has 0 aliphatic heterocycles. The van der Waals surface area contributed by atoms with Crippen molar-refractivity contribution < 1.29 is 0 Å². The quantitative estimate of drug-likeness (QED) is 0.874. The maximum Gasteiger partial charge on any atom is 0.184 e. The molecule has 1 aliphatic rings. The third kappa shape index (κ3) is 2.29. The van der Waals surface area contributed by atoms with Crippen LogP contribution in [0.25, 0.3) is 10.2 Å². The number of anilines is 1. The van der Waals surface area contributed by atoms with Gasteiger partial charge in [0.05, 0.1) is 10.2 Å². The minimum absolute atomic E-state index is 0.677. The number of aryl methyl sites for hydroxylation is 1. The van der Waals surface area contributed by atoms with Gasteiger partial charge in [-0.3, -0.25) is 0 Å². The molecule has 0 amide bonds. The third-order valence-electron chi connectivity index (χ3n) is 3.43. The van der Waals surface area contributed by atoms with E-state index in [1.165, 1.54) is 29.5 Å². The van der Waals surface area contributed by atoms with Gasteiger partial charge in [-0.1, -0.05) is 30.7 Å². The number of fused-ring (bicyclic) bond motifs is 1. The smallest absolute Gasteiger partial charge is 0.184 e. The maximum absolute atomic E-state index is 4.64. The third-order valence-corrected chi connectivity index (χ3v) is 4.38. The molecule has 2 nitrogen and oxygen atoms in total. The first-order valence-corrected chi connectivity index (χ1v) is 7.21. The zero-order valence-corrected chi connectivity index (χ0v) is 11.2. The van der Waals surface area contributed by atoms with Crippen LogP contribution in [0.2, 0.25) is 0 Å². The van der Waals surface area contributed by atoms with E-state index in [2.05, 4.69) is 42.3 Å². The van der Waals surface area contributed by atoms with Gasteiger partial charge in [0.25, 0.3) is 0 Å². The summed E-state index contributed by atoms with van der Waals surface area (Å²) in [7, 11) is 0. The Bertz CT molecular complexity index is 532. The van der Waals surface area contributed by atoms with Crippen LogP contribution in [0.4, 0.5) is 5.13 Å². The average molecular weight is 246 g/mol. The van der Waals surface area contributed by atoms with Crippen molar-refractivity contribution in [1.82, 2.24) is 4.98 Å². The molecule has 2 unspecified atom stereocenters. The van der Waals surface area contributed by atoms with Crippen molar-refractivity contribution in [1.29, 1.82) is 0 Å². The lowest BCUT2D eigenvalue weighted by atomic mass is 10.2. The molecule has 0 spiro atoms. The summed E-state index contributed by atoms with van der Waals surface area (Å²) >= 11 is 1.78. The van der Waals surface area contributed by atoms with Gasteiger partial charge in [-0.15, -0.1) is 0 Å². The van der Waals surface area contributed by atoms with E-state index in [4.69, 9.17) is 0 Å². The Balaban J connectivity index is 1.74. The molecule has 3 heteroatoms. The highest BCUT2D eigenvalue weighted by Gasteiger charge is 2.36. The van der Waals surface area contributed by atoms with Crippen LogP contribution < -0.4 is 5.32 Å². The Morgan fingerprint density at radius 1 is 1.47 bits per heavy atom. The Kier molecular flexibility index (Phi) is 2.79. The van der Waals surface area contributed by atoms with E-state index in [1.54, 1.807) is 11.3 Å². The molecule has 0 bridgehead atoms. The Hall–Kier alpha value is -1.09. The van der Waals surface area contributed by atoms with Crippen LogP contribution >= 0.6 is 11.3 Å².